The van der Waals surface area contributed by atoms with E-state index < -0.39 is 4.92 Å². The lowest BCUT2D eigenvalue weighted by Gasteiger charge is -2.09. The minimum absolute atomic E-state index is 0.0258. The number of benzene rings is 2. The van der Waals surface area contributed by atoms with Gasteiger partial charge in [0.25, 0.3) is 5.69 Å². The second-order valence-corrected chi connectivity index (χ2v) is 6.04. The lowest BCUT2D eigenvalue weighted by atomic mass is 10.1. The molecule has 0 fully saturated rings. The average Bonchev–Trinajstić information content (AvgIpc) is 2.56. The number of aromatic hydroxyl groups is 1. The summed E-state index contributed by atoms with van der Waals surface area (Å²) in [5.41, 5.74) is 2.13. The van der Waals surface area contributed by atoms with Crippen molar-refractivity contribution in [3.8, 4) is 11.5 Å². The molecule has 0 spiro atoms. The summed E-state index contributed by atoms with van der Waals surface area (Å²) in [6.45, 7) is 1.95. The summed E-state index contributed by atoms with van der Waals surface area (Å²) in [6, 6.07) is 9.34. The maximum atomic E-state index is 10.6. The van der Waals surface area contributed by atoms with Crippen LogP contribution in [0.25, 0.3) is 0 Å². The number of ether oxygens (including phenoxy) is 1. The van der Waals surface area contributed by atoms with Crippen molar-refractivity contribution in [1.29, 1.82) is 0 Å². The Bertz CT molecular complexity index is 775. The molecule has 0 saturated carbocycles. The molecule has 0 saturated heterocycles. The van der Waals surface area contributed by atoms with E-state index >= 15 is 0 Å². The Labute approximate surface area is 152 Å². The number of halogens is 1. The van der Waals surface area contributed by atoms with Gasteiger partial charge in [-0.1, -0.05) is 5.16 Å². The van der Waals surface area contributed by atoms with Gasteiger partial charge in [-0.15, -0.1) is 0 Å². The van der Waals surface area contributed by atoms with Crippen LogP contribution in [0.5, 0.6) is 11.5 Å². The molecule has 7 nitrogen and oxygen atoms in total. The molecule has 0 aliphatic heterocycles. The van der Waals surface area contributed by atoms with Gasteiger partial charge in [0.05, 0.1) is 17.7 Å². The Balaban J connectivity index is 2.06. The number of rotatable bonds is 6. The highest BCUT2D eigenvalue weighted by atomic mass is 127. The molecule has 2 aromatic rings. The minimum atomic E-state index is -0.453. The van der Waals surface area contributed by atoms with Crippen LogP contribution in [0.1, 0.15) is 18.1 Å². The van der Waals surface area contributed by atoms with Gasteiger partial charge in [-0.3, -0.25) is 10.1 Å². The third-order valence-electron chi connectivity index (χ3n) is 3.24. The molecule has 0 amide bonds. The fourth-order valence-electron chi connectivity index (χ4n) is 1.95. The molecule has 0 bridgehead atoms. The van der Waals surface area contributed by atoms with Crippen molar-refractivity contribution in [2.75, 3.05) is 7.11 Å². The van der Waals surface area contributed by atoms with Crippen LogP contribution in [0, 0.1) is 13.7 Å². The number of oxime groups is 1. The molecule has 24 heavy (non-hydrogen) atoms. The first kappa shape index (κ1) is 18.0. The van der Waals surface area contributed by atoms with Crippen molar-refractivity contribution in [2.24, 2.45) is 5.16 Å². The van der Waals surface area contributed by atoms with E-state index in [1.807, 2.05) is 0 Å². The molecule has 126 valence electrons. The Hall–Kier alpha value is -2.36. The van der Waals surface area contributed by atoms with Crippen LogP contribution >= 0.6 is 22.6 Å². The van der Waals surface area contributed by atoms with Crippen LogP contribution < -0.4 is 4.74 Å². The number of nitrogens with zero attached hydrogens (tertiary/aromatic N) is 2. The second kappa shape index (κ2) is 7.95. The second-order valence-electron chi connectivity index (χ2n) is 4.88. The van der Waals surface area contributed by atoms with Crippen LogP contribution in [0.15, 0.2) is 41.6 Å². The lowest BCUT2D eigenvalue weighted by Crippen LogP contribution is -2.01. The van der Waals surface area contributed by atoms with Crippen molar-refractivity contribution in [2.45, 2.75) is 13.5 Å². The SMILES string of the molecule is COc1cc(I)c(/C(C)=N/OCc2ccc([N+](=O)[O-])cc2)cc1O. The van der Waals surface area contributed by atoms with E-state index in [-0.39, 0.29) is 18.0 Å². The van der Waals surface area contributed by atoms with E-state index in [4.69, 9.17) is 9.57 Å². The molecule has 0 heterocycles. The number of phenolic OH excluding ortho intramolecular Hbond substituents is 1. The van der Waals surface area contributed by atoms with Crippen molar-refractivity contribution in [1.82, 2.24) is 0 Å². The van der Waals surface area contributed by atoms with Crippen molar-refractivity contribution in [3.63, 3.8) is 0 Å². The zero-order chi connectivity index (χ0) is 17.7. The number of non-ortho nitro benzene ring substituents is 1. The largest absolute Gasteiger partial charge is 0.504 e. The number of nitro groups is 1. The quantitative estimate of drug-likeness (QED) is 0.318. The molecule has 2 aromatic carbocycles. The maximum absolute atomic E-state index is 10.6. The smallest absolute Gasteiger partial charge is 0.269 e. The predicted octanol–water partition coefficient (Wildman–Crippen LogP) is 3.85. The van der Waals surface area contributed by atoms with Crippen molar-refractivity contribution in [3.05, 3.63) is 61.2 Å². The molecule has 0 aliphatic rings. The number of phenols is 1. The molecule has 0 atom stereocenters. The molecule has 8 heteroatoms. The van der Waals surface area contributed by atoms with Crippen LogP contribution in [0.3, 0.4) is 0 Å². The minimum Gasteiger partial charge on any atom is -0.504 e. The number of hydrogen-bond acceptors (Lipinski definition) is 6. The first-order valence-electron chi connectivity index (χ1n) is 6.89. The van der Waals surface area contributed by atoms with Gasteiger partial charge in [0.2, 0.25) is 0 Å². The molecule has 0 aliphatic carbocycles. The fraction of sp³-hybridized carbons (Fsp3) is 0.188. The summed E-state index contributed by atoms with van der Waals surface area (Å²) in [4.78, 5) is 15.4. The fourth-order valence-corrected chi connectivity index (χ4v) is 2.78. The maximum Gasteiger partial charge on any atom is 0.269 e. The molecule has 0 unspecified atom stereocenters. The van der Waals surface area contributed by atoms with Crippen LogP contribution in [-0.2, 0) is 11.4 Å². The number of methoxy groups -OCH3 is 1. The zero-order valence-electron chi connectivity index (χ0n) is 13.0. The summed E-state index contributed by atoms with van der Waals surface area (Å²) < 4.78 is 5.92. The van der Waals surface area contributed by atoms with Gasteiger partial charge >= 0.3 is 0 Å². The van der Waals surface area contributed by atoms with Gasteiger partial charge in [-0.2, -0.15) is 0 Å². The molecule has 0 radical (unpaired) electrons. The molecule has 2 rings (SSSR count). The number of hydrogen-bond donors (Lipinski definition) is 1. The van der Waals surface area contributed by atoms with E-state index in [0.29, 0.717) is 11.5 Å². The summed E-state index contributed by atoms with van der Waals surface area (Å²) >= 11 is 2.12. The van der Waals surface area contributed by atoms with E-state index in [1.165, 1.54) is 19.2 Å². The van der Waals surface area contributed by atoms with Gasteiger partial charge in [-0.25, -0.2) is 0 Å². The van der Waals surface area contributed by atoms with Crippen LogP contribution in [0.2, 0.25) is 0 Å². The van der Waals surface area contributed by atoms with Crippen LogP contribution in [0.4, 0.5) is 5.69 Å². The Kier molecular flexibility index (Phi) is 5.96. The third-order valence-corrected chi connectivity index (χ3v) is 4.13. The van der Waals surface area contributed by atoms with E-state index in [1.54, 1.807) is 31.2 Å². The highest BCUT2D eigenvalue weighted by Gasteiger charge is 2.11. The topological polar surface area (TPSA) is 94.2 Å². The third kappa shape index (κ3) is 4.34. The Morgan fingerprint density at radius 3 is 2.58 bits per heavy atom. The summed E-state index contributed by atoms with van der Waals surface area (Å²) in [5.74, 6) is 0.417. The average molecular weight is 442 g/mol. The van der Waals surface area contributed by atoms with E-state index in [2.05, 4.69) is 27.7 Å². The van der Waals surface area contributed by atoms with Gasteiger partial charge in [-0.05, 0) is 59.3 Å². The van der Waals surface area contributed by atoms with Crippen molar-refractivity contribution < 1.29 is 19.6 Å². The molecule has 1 N–H and O–H groups in total. The standard InChI is InChI=1S/C16H15IN2O5/c1-10(13-7-15(20)16(23-2)8-14(13)17)18-24-9-11-3-5-12(6-4-11)19(21)22/h3-8,20H,9H2,1-2H3/b18-10+. The predicted molar refractivity (Wildman–Crippen MR) is 97.5 cm³/mol. The molecular formula is C16H15IN2O5. The lowest BCUT2D eigenvalue weighted by molar-refractivity contribution is -0.384. The zero-order valence-corrected chi connectivity index (χ0v) is 15.2. The Morgan fingerprint density at radius 2 is 2.00 bits per heavy atom. The molecule has 0 aromatic heterocycles. The van der Waals surface area contributed by atoms with E-state index in [9.17, 15) is 15.2 Å². The summed E-state index contributed by atoms with van der Waals surface area (Å²) in [7, 11) is 1.49. The normalized spacial score (nSPS) is 11.2. The van der Waals surface area contributed by atoms with E-state index in [0.717, 1.165) is 14.7 Å². The van der Waals surface area contributed by atoms with Gasteiger partial charge in [0.15, 0.2) is 11.5 Å². The van der Waals surface area contributed by atoms with Gasteiger partial charge in [0, 0.05) is 21.3 Å². The number of nitro benzene ring substituents is 1. The van der Waals surface area contributed by atoms with Gasteiger partial charge in [0.1, 0.15) is 6.61 Å². The summed E-state index contributed by atoms with van der Waals surface area (Å²) in [6.07, 6.45) is 0. The van der Waals surface area contributed by atoms with Crippen LogP contribution in [-0.4, -0.2) is 22.9 Å². The van der Waals surface area contributed by atoms with Crippen molar-refractivity contribution >= 4 is 34.0 Å². The monoisotopic (exact) mass is 442 g/mol. The highest BCUT2D eigenvalue weighted by molar-refractivity contribution is 14.1. The van der Waals surface area contributed by atoms with Gasteiger partial charge < -0.3 is 14.7 Å². The first-order valence-corrected chi connectivity index (χ1v) is 7.97. The first-order chi connectivity index (χ1) is 11.4. The highest BCUT2D eigenvalue weighted by Crippen LogP contribution is 2.30. The Morgan fingerprint density at radius 1 is 1.33 bits per heavy atom. The summed E-state index contributed by atoms with van der Waals surface area (Å²) in [5, 5.41) is 24.5. The molecular weight excluding hydrogens is 427 g/mol.